The first kappa shape index (κ1) is 25.5. The van der Waals surface area contributed by atoms with Gasteiger partial charge in [0.25, 0.3) is 5.56 Å². The largest absolute Gasteiger partial charge is 0.384 e. The molecule has 0 radical (unpaired) electrons. The number of benzene rings is 1. The van der Waals surface area contributed by atoms with E-state index >= 15 is 0 Å². The Bertz CT molecular complexity index is 1730. The Morgan fingerprint density at radius 3 is 2.92 bits per heavy atom. The van der Waals surface area contributed by atoms with Gasteiger partial charge in [0.2, 0.25) is 5.95 Å². The Morgan fingerprint density at radius 1 is 1.25 bits per heavy atom. The van der Waals surface area contributed by atoms with E-state index in [9.17, 15) is 9.90 Å². The molecule has 3 aliphatic rings. The van der Waals surface area contributed by atoms with E-state index in [4.69, 9.17) is 9.97 Å². The second kappa shape index (κ2) is 9.57. The van der Waals surface area contributed by atoms with Crippen LogP contribution >= 0.6 is 11.8 Å². The van der Waals surface area contributed by atoms with Crippen LogP contribution in [0.15, 0.2) is 47.9 Å². The molecular weight excluding hydrogens is 522 g/mol. The number of nitrogens with one attached hydrogen (secondary N) is 1. The maximum atomic E-state index is 13.4. The van der Waals surface area contributed by atoms with Gasteiger partial charge in [0.05, 0.1) is 12.2 Å². The molecule has 0 amide bonds. The average molecular weight is 556 g/mol. The Labute approximate surface area is 236 Å². The SMILES string of the molecule is C=CCn1c(=O)c2cnc(Nc3cc4c5c(c3)CN(C)CC5CSC4)nc2n1-c1ccc2c(n1)C(O)(CC)CC2. The van der Waals surface area contributed by atoms with Gasteiger partial charge in [-0.2, -0.15) is 16.7 Å². The zero-order chi connectivity index (χ0) is 27.6. The molecule has 2 unspecified atom stereocenters. The van der Waals surface area contributed by atoms with Gasteiger partial charge >= 0.3 is 0 Å². The summed E-state index contributed by atoms with van der Waals surface area (Å²) in [6.45, 7) is 8.14. The number of rotatable bonds is 6. The van der Waals surface area contributed by atoms with Crippen LogP contribution in [-0.2, 0) is 30.9 Å². The number of aryl methyl sites for hydroxylation is 1. The van der Waals surface area contributed by atoms with Crippen molar-refractivity contribution < 1.29 is 5.11 Å². The molecule has 4 aromatic rings. The quantitative estimate of drug-likeness (QED) is 0.341. The summed E-state index contributed by atoms with van der Waals surface area (Å²) in [6, 6.07) is 8.34. The molecule has 3 aromatic heterocycles. The standard InChI is InChI=1S/C30H33N7O2S/c1-4-10-36-28(38)23-13-31-29(32-22-11-19-14-35(3)15-21-17-40-16-20(12-22)25(19)21)34-27(23)37(36)24-7-6-18-8-9-30(39,5-2)26(18)33-24/h4,6-7,11-13,21,39H,1,5,8-10,14-17H2,2-3H3,(H,31,32,34). The fourth-order valence-electron chi connectivity index (χ4n) is 6.64. The molecule has 1 aromatic carbocycles. The zero-order valence-corrected chi connectivity index (χ0v) is 23.7. The third kappa shape index (κ3) is 4.00. The molecule has 9 nitrogen and oxygen atoms in total. The minimum atomic E-state index is -0.961. The molecular formula is C30H33N7O2S. The van der Waals surface area contributed by atoms with Crippen molar-refractivity contribution in [3.8, 4) is 5.82 Å². The number of fused-ring (bicyclic) bond motifs is 2. The van der Waals surface area contributed by atoms with E-state index in [2.05, 4.69) is 41.0 Å². The van der Waals surface area contributed by atoms with Crippen molar-refractivity contribution in [1.29, 1.82) is 0 Å². The number of aromatic nitrogens is 5. The third-order valence-electron chi connectivity index (χ3n) is 8.56. The molecule has 1 aliphatic carbocycles. The van der Waals surface area contributed by atoms with Crippen molar-refractivity contribution in [3.05, 3.63) is 81.4 Å². The summed E-state index contributed by atoms with van der Waals surface area (Å²) in [4.78, 5) is 30.1. The zero-order valence-electron chi connectivity index (χ0n) is 22.9. The summed E-state index contributed by atoms with van der Waals surface area (Å²) in [5.74, 6) is 3.71. The first-order valence-corrected chi connectivity index (χ1v) is 15.1. The molecule has 0 saturated heterocycles. The van der Waals surface area contributed by atoms with Crippen molar-refractivity contribution in [2.75, 3.05) is 24.7 Å². The third-order valence-corrected chi connectivity index (χ3v) is 9.71. The number of anilines is 2. The van der Waals surface area contributed by atoms with Crippen LogP contribution in [0.4, 0.5) is 11.6 Å². The highest BCUT2D eigenvalue weighted by molar-refractivity contribution is 7.98. The molecule has 0 saturated carbocycles. The van der Waals surface area contributed by atoms with Crippen LogP contribution in [0.2, 0.25) is 0 Å². The summed E-state index contributed by atoms with van der Waals surface area (Å²) < 4.78 is 3.30. The molecule has 206 valence electrons. The monoisotopic (exact) mass is 555 g/mol. The van der Waals surface area contributed by atoms with Gasteiger partial charge in [0, 0.05) is 42.4 Å². The van der Waals surface area contributed by atoms with E-state index in [0.717, 1.165) is 36.5 Å². The molecule has 0 bridgehead atoms. The summed E-state index contributed by atoms with van der Waals surface area (Å²) in [7, 11) is 2.18. The fourth-order valence-corrected chi connectivity index (χ4v) is 7.77. The molecule has 40 heavy (non-hydrogen) atoms. The number of hydrogen-bond acceptors (Lipinski definition) is 8. The first-order valence-electron chi connectivity index (χ1n) is 13.9. The van der Waals surface area contributed by atoms with Gasteiger partial charge in [-0.1, -0.05) is 19.1 Å². The first-order chi connectivity index (χ1) is 19.4. The molecule has 2 atom stereocenters. The highest BCUT2D eigenvalue weighted by Gasteiger charge is 2.37. The van der Waals surface area contributed by atoms with Crippen molar-refractivity contribution in [2.45, 2.75) is 56.5 Å². The molecule has 2 aliphatic heterocycles. The molecule has 10 heteroatoms. The van der Waals surface area contributed by atoms with E-state index < -0.39 is 5.60 Å². The van der Waals surface area contributed by atoms with Crippen molar-refractivity contribution in [3.63, 3.8) is 0 Å². The highest BCUT2D eigenvalue weighted by atomic mass is 32.2. The van der Waals surface area contributed by atoms with Crippen LogP contribution in [-0.4, -0.2) is 53.7 Å². The number of nitrogens with zero attached hydrogens (tertiary/aromatic N) is 6. The lowest BCUT2D eigenvalue weighted by molar-refractivity contribution is 0.0306. The van der Waals surface area contributed by atoms with Crippen LogP contribution in [0.3, 0.4) is 0 Å². The van der Waals surface area contributed by atoms with Crippen molar-refractivity contribution in [2.24, 2.45) is 0 Å². The van der Waals surface area contributed by atoms with E-state index in [1.807, 2.05) is 30.8 Å². The van der Waals surface area contributed by atoms with Gasteiger partial charge in [-0.3, -0.25) is 4.79 Å². The van der Waals surface area contributed by atoms with E-state index in [1.165, 1.54) is 22.4 Å². The summed E-state index contributed by atoms with van der Waals surface area (Å²) in [5.41, 5.74) is 6.23. The Morgan fingerprint density at radius 2 is 2.10 bits per heavy atom. The van der Waals surface area contributed by atoms with Gasteiger partial charge in [-0.05, 0) is 66.8 Å². The number of pyridine rings is 1. The fraction of sp³-hybridized carbons (Fsp3) is 0.400. The number of aliphatic hydroxyl groups is 1. The number of thioether (sulfide) groups is 1. The lowest BCUT2D eigenvalue weighted by atomic mass is 9.87. The minimum Gasteiger partial charge on any atom is -0.384 e. The normalized spacial score (nSPS) is 21.8. The van der Waals surface area contributed by atoms with Gasteiger partial charge in [-0.25, -0.2) is 19.3 Å². The van der Waals surface area contributed by atoms with Gasteiger partial charge in [-0.15, -0.1) is 6.58 Å². The van der Waals surface area contributed by atoms with Crippen molar-refractivity contribution >= 4 is 34.4 Å². The van der Waals surface area contributed by atoms with Gasteiger partial charge < -0.3 is 15.3 Å². The Balaban J connectivity index is 1.33. The number of hydrogen-bond donors (Lipinski definition) is 2. The lowest BCUT2D eigenvalue weighted by Crippen LogP contribution is -2.33. The lowest BCUT2D eigenvalue weighted by Gasteiger charge is -2.36. The van der Waals surface area contributed by atoms with Crippen LogP contribution in [0.5, 0.6) is 0 Å². The highest BCUT2D eigenvalue weighted by Crippen LogP contribution is 2.41. The maximum absolute atomic E-state index is 13.4. The summed E-state index contributed by atoms with van der Waals surface area (Å²) in [6.07, 6.45) is 5.28. The number of allylic oxidation sites excluding steroid dienone is 1. The molecule has 7 rings (SSSR count). The number of likely N-dealkylation sites (N-methyl/N-ethyl adjacent to an activating group) is 1. The van der Waals surface area contributed by atoms with Crippen molar-refractivity contribution in [1.82, 2.24) is 29.2 Å². The molecule has 5 heterocycles. The van der Waals surface area contributed by atoms with Crippen LogP contribution in [0.1, 0.15) is 53.6 Å². The molecule has 0 fully saturated rings. The van der Waals surface area contributed by atoms with E-state index in [1.54, 1.807) is 21.6 Å². The van der Waals surface area contributed by atoms with Crippen LogP contribution < -0.4 is 10.9 Å². The van der Waals surface area contributed by atoms with E-state index in [-0.39, 0.29) is 12.1 Å². The maximum Gasteiger partial charge on any atom is 0.278 e. The predicted octanol–water partition coefficient (Wildman–Crippen LogP) is 4.23. The van der Waals surface area contributed by atoms with Gasteiger partial charge in [0.15, 0.2) is 11.5 Å². The molecule has 0 spiro atoms. The summed E-state index contributed by atoms with van der Waals surface area (Å²) >= 11 is 1.99. The van der Waals surface area contributed by atoms with Crippen LogP contribution in [0, 0.1) is 0 Å². The van der Waals surface area contributed by atoms with Gasteiger partial charge in [0.1, 0.15) is 11.0 Å². The summed E-state index contributed by atoms with van der Waals surface area (Å²) in [5, 5.41) is 15.0. The smallest absolute Gasteiger partial charge is 0.278 e. The average Bonchev–Trinajstić information content (AvgIpc) is 3.42. The minimum absolute atomic E-state index is 0.209. The second-order valence-electron chi connectivity index (χ2n) is 11.2. The van der Waals surface area contributed by atoms with E-state index in [0.29, 0.717) is 47.3 Å². The topological polar surface area (TPSA) is 101 Å². The molecule has 2 N–H and O–H groups in total. The van der Waals surface area contributed by atoms with Crippen LogP contribution in [0.25, 0.3) is 16.9 Å². The Kier molecular flexibility index (Phi) is 6.10. The Hall–Kier alpha value is -3.47. The second-order valence-corrected chi connectivity index (χ2v) is 12.3. The predicted molar refractivity (Wildman–Crippen MR) is 159 cm³/mol.